The van der Waals surface area contributed by atoms with E-state index >= 15 is 0 Å². The van der Waals surface area contributed by atoms with E-state index in [9.17, 15) is 4.79 Å². The number of H-pyrrole nitrogens is 1. The van der Waals surface area contributed by atoms with Crippen LogP contribution in [0.25, 0.3) is 27.5 Å². The Labute approximate surface area is 174 Å². The van der Waals surface area contributed by atoms with Crippen LogP contribution in [0.15, 0.2) is 78.0 Å². The van der Waals surface area contributed by atoms with Gasteiger partial charge in [-0.2, -0.15) is 0 Å². The molecule has 30 heavy (non-hydrogen) atoms. The minimum absolute atomic E-state index is 0.0511. The van der Waals surface area contributed by atoms with Crippen molar-refractivity contribution in [3.8, 4) is 5.69 Å². The van der Waals surface area contributed by atoms with Gasteiger partial charge in [-0.05, 0) is 49.1 Å². The molecule has 0 radical (unpaired) electrons. The van der Waals surface area contributed by atoms with E-state index in [2.05, 4.69) is 26.3 Å². The van der Waals surface area contributed by atoms with Crippen molar-refractivity contribution >= 4 is 27.6 Å². The van der Waals surface area contributed by atoms with Gasteiger partial charge in [0.15, 0.2) is 5.82 Å². The van der Waals surface area contributed by atoms with Gasteiger partial charge in [-0.25, -0.2) is 9.97 Å². The molecule has 6 heteroatoms. The van der Waals surface area contributed by atoms with Gasteiger partial charge in [-0.3, -0.25) is 9.36 Å². The molecule has 0 bridgehead atoms. The number of aryl methyl sites for hydroxylation is 1. The Morgan fingerprint density at radius 2 is 1.93 bits per heavy atom. The van der Waals surface area contributed by atoms with Crippen LogP contribution in [-0.2, 0) is 0 Å². The molecule has 0 aliphatic carbocycles. The van der Waals surface area contributed by atoms with E-state index in [4.69, 9.17) is 1.37 Å². The number of nitrogens with zero attached hydrogens (tertiary/aromatic N) is 3. The minimum atomic E-state index is -0.248. The lowest BCUT2D eigenvalue weighted by atomic mass is 10.0. The van der Waals surface area contributed by atoms with Gasteiger partial charge >= 0.3 is 0 Å². The Kier molecular flexibility index (Phi) is 4.05. The van der Waals surface area contributed by atoms with Crippen molar-refractivity contribution < 1.29 is 1.37 Å². The van der Waals surface area contributed by atoms with Crippen LogP contribution >= 0.6 is 0 Å². The van der Waals surface area contributed by atoms with Gasteiger partial charge in [0.25, 0.3) is 5.56 Å². The molecule has 5 aromatic rings. The molecule has 2 aromatic carbocycles. The second kappa shape index (κ2) is 7.15. The third kappa shape index (κ3) is 2.93. The highest BCUT2D eigenvalue weighted by molar-refractivity contribution is 5.87. The van der Waals surface area contributed by atoms with Gasteiger partial charge in [0.05, 0.1) is 23.2 Å². The van der Waals surface area contributed by atoms with E-state index in [0.717, 1.165) is 27.8 Å². The molecule has 3 heterocycles. The molecule has 0 amide bonds. The number of imidazole rings is 1. The Morgan fingerprint density at radius 1 is 1.10 bits per heavy atom. The number of hydrogen-bond donors (Lipinski definition) is 2. The van der Waals surface area contributed by atoms with E-state index in [-0.39, 0.29) is 17.9 Å². The van der Waals surface area contributed by atoms with E-state index in [1.54, 1.807) is 16.8 Å². The predicted molar refractivity (Wildman–Crippen MR) is 120 cm³/mol. The van der Waals surface area contributed by atoms with Gasteiger partial charge in [-0.15, -0.1) is 0 Å². The molecule has 0 saturated carbocycles. The molecule has 0 spiro atoms. The first-order valence-electron chi connectivity index (χ1n) is 10.3. The summed E-state index contributed by atoms with van der Waals surface area (Å²) in [7, 11) is 0. The van der Waals surface area contributed by atoms with Gasteiger partial charge in [0, 0.05) is 17.6 Å². The van der Waals surface area contributed by atoms with Crippen molar-refractivity contribution in [2.24, 2.45) is 0 Å². The lowest BCUT2D eigenvalue weighted by Crippen LogP contribution is -2.26. The van der Waals surface area contributed by atoms with Gasteiger partial charge in [0.2, 0.25) is 0 Å². The maximum absolute atomic E-state index is 13.6. The molecular formula is C24H21N5O. The van der Waals surface area contributed by atoms with Crippen molar-refractivity contribution in [1.82, 2.24) is 19.5 Å². The zero-order chi connectivity index (χ0) is 21.5. The second-order valence-corrected chi connectivity index (χ2v) is 7.35. The highest BCUT2D eigenvalue weighted by atomic mass is 16.1. The maximum Gasteiger partial charge on any atom is 0.263 e. The maximum atomic E-state index is 13.6. The number of pyridine rings is 2. The first-order valence-corrected chi connectivity index (χ1v) is 9.81. The first-order chi connectivity index (χ1) is 15.0. The van der Waals surface area contributed by atoms with Crippen LogP contribution in [-0.4, -0.2) is 19.5 Å². The average Bonchev–Trinajstić information content (AvgIpc) is 3.15. The monoisotopic (exact) mass is 396 g/mol. The van der Waals surface area contributed by atoms with Crippen molar-refractivity contribution in [2.45, 2.75) is 19.9 Å². The molecule has 0 saturated heterocycles. The zero-order valence-corrected chi connectivity index (χ0v) is 16.7. The summed E-state index contributed by atoms with van der Waals surface area (Å²) in [6.45, 7) is 3.95. The standard InChI is InChI=1S/C24H21N5O/c1-15-7-6-8-17-13-20(29(24(30)21(15)17)18-9-4-3-5-10-18)16(2)28-23-22-19(11-12-25-23)26-14-27-22/h3-14,16H,1-2H3,(H,25,28)(H,26,27)/t16-/m0/s1/i14D. The molecule has 2 N–H and O–H groups in total. The predicted octanol–water partition coefficient (Wildman–Crippen LogP) is 4.74. The lowest BCUT2D eigenvalue weighted by molar-refractivity contribution is 0.774. The largest absolute Gasteiger partial charge is 0.360 e. The fraction of sp³-hybridized carbons (Fsp3) is 0.125. The Balaban J connectivity index is 1.70. The smallest absolute Gasteiger partial charge is 0.263 e. The number of nitrogens with one attached hydrogen (secondary N) is 2. The summed E-state index contributed by atoms with van der Waals surface area (Å²) >= 11 is 0. The molecule has 3 aromatic heterocycles. The van der Waals surface area contributed by atoms with Crippen LogP contribution < -0.4 is 10.9 Å². The van der Waals surface area contributed by atoms with Crippen LogP contribution in [0, 0.1) is 6.92 Å². The third-order valence-corrected chi connectivity index (χ3v) is 5.38. The van der Waals surface area contributed by atoms with Crippen molar-refractivity contribution in [3.05, 3.63) is 94.8 Å². The van der Waals surface area contributed by atoms with E-state index in [1.807, 2.05) is 62.4 Å². The normalized spacial score (nSPS) is 12.8. The lowest BCUT2D eigenvalue weighted by Gasteiger charge is -2.22. The molecule has 0 fully saturated rings. The van der Waals surface area contributed by atoms with E-state index < -0.39 is 0 Å². The fourth-order valence-corrected chi connectivity index (χ4v) is 3.91. The van der Waals surface area contributed by atoms with Gasteiger partial charge in [0.1, 0.15) is 6.89 Å². The summed E-state index contributed by atoms with van der Waals surface area (Å²) in [5, 5.41) is 5.01. The number of anilines is 1. The van der Waals surface area contributed by atoms with E-state index in [0.29, 0.717) is 16.7 Å². The van der Waals surface area contributed by atoms with Gasteiger partial charge in [-0.1, -0.05) is 36.4 Å². The summed E-state index contributed by atoms with van der Waals surface area (Å²) in [5.74, 6) is 0.566. The number of rotatable bonds is 4. The minimum Gasteiger partial charge on any atom is -0.360 e. The molecule has 0 aliphatic heterocycles. The average molecular weight is 396 g/mol. The second-order valence-electron chi connectivity index (χ2n) is 7.35. The highest BCUT2D eigenvalue weighted by Gasteiger charge is 2.18. The molecule has 6 nitrogen and oxygen atoms in total. The summed E-state index contributed by atoms with van der Waals surface area (Å²) in [5.41, 5.74) is 3.86. The molecular weight excluding hydrogens is 374 g/mol. The van der Waals surface area contributed by atoms with Gasteiger partial charge < -0.3 is 10.3 Å². The fourth-order valence-electron chi connectivity index (χ4n) is 3.91. The Hall–Kier alpha value is -3.93. The summed E-state index contributed by atoms with van der Waals surface area (Å²) in [6, 6.07) is 19.1. The zero-order valence-electron chi connectivity index (χ0n) is 17.7. The summed E-state index contributed by atoms with van der Waals surface area (Å²) < 4.78 is 9.54. The quantitative estimate of drug-likeness (QED) is 0.460. The topological polar surface area (TPSA) is 75.6 Å². The number of para-hydroxylation sites is 1. The van der Waals surface area contributed by atoms with Crippen LogP contribution in [0.3, 0.4) is 0 Å². The van der Waals surface area contributed by atoms with Crippen molar-refractivity contribution in [1.29, 1.82) is 0 Å². The van der Waals surface area contributed by atoms with Crippen LogP contribution in [0.4, 0.5) is 5.82 Å². The van der Waals surface area contributed by atoms with Crippen LogP contribution in [0.5, 0.6) is 0 Å². The third-order valence-electron chi connectivity index (χ3n) is 5.38. The molecule has 0 aliphatic rings. The molecule has 148 valence electrons. The number of aromatic amines is 1. The number of aromatic nitrogens is 4. The molecule has 5 rings (SSSR count). The highest BCUT2D eigenvalue weighted by Crippen LogP contribution is 2.26. The first kappa shape index (κ1) is 17.0. The number of benzene rings is 2. The van der Waals surface area contributed by atoms with Crippen molar-refractivity contribution in [2.75, 3.05) is 5.32 Å². The molecule has 0 unspecified atom stereocenters. The van der Waals surface area contributed by atoms with Crippen LogP contribution in [0.2, 0.25) is 0 Å². The van der Waals surface area contributed by atoms with E-state index in [1.165, 1.54) is 0 Å². The Morgan fingerprint density at radius 3 is 2.77 bits per heavy atom. The Bertz CT molecular complexity index is 1470. The molecule has 1 atom stereocenters. The van der Waals surface area contributed by atoms with Crippen molar-refractivity contribution in [3.63, 3.8) is 0 Å². The SMILES string of the molecule is [2H]c1nc2c(N[C@@H](C)c3cc4cccc(C)c4c(=O)n3-c3ccccc3)nccc2[nH]1. The number of fused-ring (bicyclic) bond motifs is 2. The number of hydrogen-bond acceptors (Lipinski definition) is 4. The van der Waals surface area contributed by atoms with Crippen LogP contribution in [0.1, 0.15) is 25.6 Å². The summed E-state index contributed by atoms with van der Waals surface area (Å²) in [4.78, 5) is 25.2. The summed E-state index contributed by atoms with van der Waals surface area (Å²) in [6.07, 6.45) is 1.75.